The van der Waals surface area contributed by atoms with Crippen molar-refractivity contribution in [1.82, 2.24) is 9.80 Å². The van der Waals surface area contributed by atoms with Crippen molar-refractivity contribution in [3.63, 3.8) is 0 Å². The number of morpholine rings is 1. The van der Waals surface area contributed by atoms with Gasteiger partial charge in [0, 0.05) is 38.3 Å². The molecule has 0 radical (unpaired) electrons. The molecule has 0 N–H and O–H groups in total. The highest BCUT2D eigenvalue weighted by atomic mass is 16.5. The molecular formula is C14H30N2O2. The van der Waals surface area contributed by atoms with Gasteiger partial charge in [-0.05, 0) is 34.1 Å². The van der Waals surface area contributed by atoms with Gasteiger partial charge in [0.25, 0.3) is 0 Å². The van der Waals surface area contributed by atoms with Gasteiger partial charge in [-0.15, -0.1) is 0 Å². The Balaban J connectivity index is 0.000000180. The van der Waals surface area contributed by atoms with Gasteiger partial charge in [0.2, 0.25) is 0 Å². The van der Waals surface area contributed by atoms with E-state index in [9.17, 15) is 0 Å². The molecule has 0 aromatic carbocycles. The minimum Gasteiger partial charge on any atom is -0.379 e. The van der Waals surface area contributed by atoms with Crippen LogP contribution in [0.15, 0.2) is 0 Å². The van der Waals surface area contributed by atoms with E-state index in [2.05, 4.69) is 37.5 Å². The Kier molecular flexibility index (Phi) is 7.82. The van der Waals surface area contributed by atoms with E-state index in [-0.39, 0.29) is 0 Å². The molecule has 4 heteroatoms. The third kappa shape index (κ3) is 6.14. The average molecular weight is 258 g/mol. The van der Waals surface area contributed by atoms with Crippen molar-refractivity contribution in [1.29, 1.82) is 0 Å². The van der Waals surface area contributed by atoms with Crippen molar-refractivity contribution in [2.75, 3.05) is 46.2 Å². The minimum atomic E-state index is 0.644. The fraction of sp³-hybridized carbons (Fsp3) is 1.00. The molecule has 0 aliphatic carbocycles. The third-order valence-electron chi connectivity index (χ3n) is 3.50. The molecule has 0 amide bonds. The molecule has 0 aromatic heterocycles. The lowest BCUT2D eigenvalue weighted by Gasteiger charge is -2.29. The summed E-state index contributed by atoms with van der Waals surface area (Å²) < 4.78 is 10.5. The lowest BCUT2D eigenvalue weighted by atomic mass is 10.3. The van der Waals surface area contributed by atoms with E-state index in [1.807, 2.05) is 0 Å². The summed E-state index contributed by atoms with van der Waals surface area (Å²) in [5.41, 5.74) is 0. The van der Waals surface area contributed by atoms with Crippen LogP contribution in [-0.4, -0.2) is 68.1 Å². The summed E-state index contributed by atoms with van der Waals surface area (Å²) in [5.74, 6) is 0. The lowest BCUT2D eigenvalue weighted by molar-refractivity contribution is -0.0285. The second-order valence-electron chi connectivity index (χ2n) is 5.54. The first-order valence-corrected chi connectivity index (χ1v) is 7.25. The monoisotopic (exact) mass is 258 g/mol. The van der Waals surface area contributed by atoms with Crippen molar-refractivity contribution in [3.05, 3.63) is 0 Å². The van der Waals surface area contributed by atoms with Crippen LogP contribution in [0.2, 0.25) is 0 Å². The van der Waals surface area contributed by atoms with Gasteiger partial charge in [-0.25, -0.2) is 0 Å². The van der Waals surface area contributed by atoms with Crippen LogP contribution < -0.4 is 0 Å². The molecule has 0 spiro atoms. The standard InChI is InChI=1S/2C7H15NO/c1-7(2)8-3-5-9-6-4-8;1-7(2)8-4-3-5-9-6-8/h2*7H,3-6H2,1-2H3. The molecule has 108 valence electrons. The smallest absolute Gasteiger partial charge is 0.0992 e. The maximum absolute atomic E-state index is 5.27. The van der Waals surface area contributed by atoms with Gasteiger partial charge in [0.05, 0.1) is 19.9 Å². The summed E-state index contributed by atoms with van der Waals surface area (Å²) in [4.78, 5) is 4.77. The largest absolute Gasteiger partial charge is 0.379 e. The number of rotatable bonds is 2. The molecule has 0 bridgehead atoms. The highest BCUT2D eigenvalue weighted by Crippen LogP contribution is 2.04. The van der Waals surface area contributed by atoms with Gasteiger partial charge in [-0.1, -0.05) is 0 Å². The van der Waals surface area contributed by atoms with Crippen LogP contribution in [-0.2, 0) is 9.47 Å². The first-order valence-electron chi connectivity index (χ1n) is 7.25. The van der Waals surface area contributed by atoms with Gasteiger partial charge in [-0.2, -0.15) is 0 Å². The van der Waals surface area contributed by atoms with Crippen molar-refractivity contribution >= 4 is 0 Å². The van der Waals surface area contributed by atoms with Crippen molar-refractivity contribution in [3.8, 4) is 0 Å². The van der Waals surface area contributed by atoms with E-state index in [4.69, 9.17) is 9.47 Å². The molecule has 4 nitrogen and oxygen atoms in total. The molecule has 0 aromatic rings. The fourth-order valence-electron chi connectivity index (χ4n) is 2.12. The highest BCUT2D eigenvalue weighted by molar-refractivity contribution is 4.65. The summed E-state index contributed by atoms with van der Waals surface area (Å²) in [6.07, 6.45) is 1.19. The number of hydrogen-bond donors (Lipinski definition) is 0. The molecule has 2 fully saturated rings. The summed E-state index contributed by atoms with van der Waals surface area (Å²) >= 11 is 0. The minimum absolute atomic E-state index is 0.644. The molecule has 2 saturated heterocycles. The Bertz CT molecular complexity index is 176. The second kappa shape index (κ2) is 8.86. The zero-order valence-corrected chi connectivity index (χ0v) is 12.5. The van der Waals surface area contributed by atoms with Crippen LogP contribution >= 0.6 is 0 Å². The predicted molar refractivity (Wildman–Crippen MR) is 74.8 cm³/mol. The van der Waals surface area contributed by atoms with E-state index < -0.39 is 0 Å². The van der Waals surface area contributed by atoms with E-state index in [1.54, 1.807) is 0 Å². The van der Waals surface area contributed by atoms with Gasteiger partial charge in [-0.3, -0.25) is 9.80 Å². The fourth-order valence-corrected chi connectivity index (χ4v) is 2.12. The van der Waals surface area contributed by atoms with Crippen LogP contribution in [0, 0.1) is 0 Å². The van der Waals surface area contributed by atoms with Crippen LogP contribution in [0.5, 0.6) is 0 Å². The van der Waals surface area contributed by atoms with E-state index in [0.717, 1.165) is 39.6 Å². The zero-order valence-electron chi connectivity index (χ0n) is 12.5. The maximum atomic E-state index is 5.27. The van der Waals surface area contributed by atoms with Gasteiger partial charge >= 0.3 is 0 Å². The van der Waals surface area contributed by atoms with Crippen molar-refractivity contribution < 1.29 is 9.47 Å². The van der Waals surface area contributed by atoms with Gasteiger partial charge < -0.3 is 9.47 Å². The lowest BCUT2D eigenvalue weighted by Crippen LogP contribution is -2.40. The first-order chi connectivity index (χ1) is 8.61. The summed E-state index contributed by atoms with van der Waals surface area (Å²) in [6.45, 7) is 15.9. The normalized spacial score (nSPS) is 23.0. The molecule has 2 aliphatic heterocycles. The quantitative estimate of drug-likeness (QED) is 0.754. The summed E-state index contributed by atoms with van der Waals surface area (Å²) in [7, 11) is 0. The molecule has 2 aliphatic rings. The van der Waals surface area contributed by atoms with E-state index >= 15 is 0 Å². The number of hydrogen-bond acceptors (Lipinski definition) is 4. The molecule has 2 rings (SSSR count). The Labute approximate surface area is 112 Å². The molecular weight excluding hydrogens is 228 g/mol. The van der Waals surface area contributed by atoms with Crippen LogP contribution in [0.1, 0.15) is 34.1 Å². The second-order valence-corrected chi connectivity index (χ2v) is 5.54. The van der Waals surface area contributed by atoms with Crippen LogP contribution in [0.25, 0.3) is 0 Å². The molecule has 0 atom stereocenters. The molecule has 2 heterocycles. The Morgan fingerprint density at radius 1 is 0.722 bits per heavy atom. The highest BCUT2D eigenvalue weighted by Gasteiger charge is 2.12. The van der Waals surface area contributed by atoms with Gasteiger partial charge in [0.1, 0.15) is 0 Å². The number of nitrogens with zero attached hydrogens (tertiary/aromatic N) is 2. The summed E-state index contributed by atoms with van der Waals surface area (Å²) in [6, 6.07) is 1.33. The SMILES string of the molecule is CC(C)N1CCCOC1.CC(C)N1CCOCC1. The molecule has 0 unspecified atom stereocenters. The Morgan fingerprint density at radius 2 is 1.33 bits per heavy atom. The average Bonchev–Trinajstić information content (AvgIpc) is 2.41. The van der Waals surface area contributed by atoms with Crippen molar-refractivity contribution in [2.45, 2.75) is 46.2 Å². The predicted octanol–water partition coefficient (Wildman–Crippen LogP) is 1.80. The zero-order chi connectivity index (χ0) is 13.4. The van der Waals surface area contributed by atoms with Gasteiger partial charge in [0.15, 0.2) is 0 Å². The molecule has 0 saturated carbocycles. The number of ether oxygens (including phenoxy) is 2. The Morgan fingerprint density at radius 3 is 1.67 bits per heavy atom. The topological polar surface area (TPSA) is 24.9 Å². The Hall–Kier alpha value is -0.160. The van der Waals surface area contributed by atoms with Crippen LogP contribution in [0.3, 0.4) is 0 Å². The third-order valence-corrected chi connectivity index (χ3v) is 3.50. The van der Waals surface area contributed by atoms with Crippen LogP contribution in [0.4, 0.5) is 0 Å². The van der Waals surface area contributed by atoms with E-state index in [0.29, 0.717) is 12.1 Å². The maximum Gasteiger partial charge on any atom is 0.0992 e. The summed E-state index contributed by atoms with van der Waals surface area (Å²) in [5, 5.41) is 0. The van der Waals surface area contributed by atoms with E-state index in [1.165, 1.54) is 13.0 Å². The molecule has 18 heavy (non-hydrogen) atoms. The first kappa shape index (κ1) is 15.9. The van der Waals surface area contributed by atoms with Crippen molar-refractivity contribution in [2.24, 2.45) is 0 Å².